The van der Waals surface area contributed by atoms with Gasteiger partial charge in [-0.15, -0.1) is 12.4 Å². The van der Waals surface area contributed by atoms with Crippen molar-refractivity contribution < 1.29 is 4.39 Å². The summed E-state index contributed by atoms with van der Waals surface area (Å²) in [6, 6.07) is 5.94. The molecule has 2 nitrogen and oxygen atoms in total. The average Bonchev–Trinajstić information content (AvgIpc) is 3.28. The number of nitrogens with zero attached hydrogens (tertiary/aromatic N) is 1. The number of halogens is 3. The van der Waals surface area contributed by atoms with Gasteiger partial charge in [0.25, 0.3) is 0 Å². The van der Waals surface area contributed by atoms with Crippen molar-refractivity contribution in [1.29, 1.82) is 0 Å². The maximum absolute atomic E-state index is 13.9. The van der Waals surface area contributed by atoms with Crippen LogP contribution in [0.4, 0.5) is 4.39 Å². The average molecular weight is 378 g/mol. The molecule has 0 radical (unpaired) electrons. The molecular weight excluding hydrogens is 355 g/mol. The van der Waals surface area contributed by atoms with Gasteiger partial charge in [0.2, 0.25) is 0 Å². The molecule has 2 aliphatic rings. The van der Waals surface area contributed by atoms with Crippen LogP contribution < -0.4 is 5.32 Å². The highest BCUT2D eigenvalue weighted by atomic mass is 79.9. The van der Waals surface area contributed by atoms with Gasteiger partial charge in [-0.25, -0.2) is 4.39 Å². The second-order valence-corrected chi connectivity index (χ2v) is 7.01. The molecule has 0 spiro atoms. The molecule has 0 amide bonds. The van der Waals surface area contributed by atoms with Gasteiger partial charge in [0, 0.05) is 29.2 Å². The van der Waals surface area contributed by atoms with Crippen LogP contribution in [0, 0.1) is 11.7 Å². The van der Waals surface area contributed by atoms with E-state index in [1.165, 1.54) is 25.7 Å². The zero-order valence-electron chi connectivity index (χ0n) is 12.2. The third-order valence-corrected chi connectivity index (χ3v) is 4.89. The molecule has 0 unspecified atom stereocenters. The fourth-order valence-electron chi connectivity index (χ4n) is 3.06. The van der Waals surface area contributed by atoms with E-state index >= 15 is 0 Å². The predicted molar refractivity (Wildman–Crippen MR) is 90.4 cm³/mol. The Hall–Kier alpha value is -0.160. The van der Waals surface area contributed by atoms with E-state index in [2.05, 4.69) is 26.1 Å². The van der Waals surface area contributed by atoms with Crippen LogP contribution in [-0.2, 0) is 6.54 Å². The Balaban J connectivity index is 0.00000161. The van der Waals surface area contributed by atoms with Crippen molar-refractivity contribution in [3.63, 3.8) is 0 Å². The van der Waals surface area contributed by atoms with E-state index in [0.29, 0.717) is 6.04 Å². The molecule has 1 aromatic carbocycles. The molecule has 118 valence electrons. The topological polar surface area (TPSA) is 15.3 Å². The maximum Gasteiger partial charge on any atom is 0.127 e. The molecule has 1 aromatic rings. The number of benzene rings is 1. The number of nitrogens with one attached hydrogen (secondary N) is 1. The van der Waals surface area contributed by atoms with Crippen molar-refractivity contribution in [1.82, 2.24) is 10.2 Å². The Morgan fingerprint density at radius 3 is 2.57 bits per heavy atom. The first-order valence-electron chi connectivity index (χ1n) is 7.61. The quantitative estimate of drug-likeness (QED) is 0.835. The number of rotatable bonds is 5. The molecule has 2 fully saturated rings. The van der Waals surface area contributed by atoms with Gasteiger partial charge in [-0.1, -0.05) is 15.9 Å². The van der Waals surface area contributed by atoms with Crippen molar-refractivity contribution in [3.8, 4) is 0 Å². The van der Waals surface area contributed by atoms with Gasteiger partial charge in [-0.3, -0.25) is 4.90 Å². The van der Waals surface area contributed by atoms with E-state index in [4.69, 9.17) is 0 Å². The summed E-state index contributed by atoms with van der Waals surface area (Å²) in [5, 5.41) is 3.41. The molecule has 1 heterocycles. The van der Waals surface area contributed by atoms with Gasteiger partial charge in [-0.2, -0.15) is 0 Å². The first-order chi connectivity index (χ1) is 9.72. The van der Waals surface area contributed by atoms with Crippen LogP contribution in [0.25, 0.3) is 0 Å². The first-order valence-corrected chi connectivity index (χ1v) is 8.40. The van der Waals surface area contributed by atoms with E-state index in [1.54, 1.807) is 12.1 Å². The van der Waals surface area contributed by atoms with Crippen LogP contribution in [0.3, 0.4) is 0 Å². The highest BCUT2D eigenvalue weighted by Crippen LogP contribution is 2.31. The first kappa shape index (κ1) is 17.2. The summed E-state index contributed by atoms with van der Waals surface area (Å²) >= 11 is 3.44. The Kier molecular flexibility index (Phi) is 6.48. The summed E-state index contributed by atoms with van der Waals surface area (Å²) in [5.74, 6) is 0.691. The molecule has 21 heavy (non-hydrogen) atoms. The molecule has 1 aliphatic heterocycles. The third-order valence-electron chi connectivity index (χ3n) is 4.40. The van der Waals surface area contributed by atoms with Gasteiger partial charge in [0.1, 0.15) is 5.82 Å². The number of hydrogen-bond donors (Lipinski definition) is 1. The Morgan fingerprint density at radius 2 is 1.90 bits per heavy atom. The van der Waals surface area contributed by atoms with E-state index < -0.39 is 0 Å². The van der Waals surface area contributed by atoms with Gasteiger partial charge in [-0.05, 0) is 62.9 Å². The Bertz CT molecular complexity index is 462. The van der Waals surface area contributed by atoms with Crippen molar-refractivity contribution in [3.05, 3.63) is 34.1 Å². The van der Waals surface area contributed by atoms with Crippen LogP contribution in [0.5, 0.6) is 0 Å². The lowest BCUT2D eigenvalue weighted by atomic mass is 9.97. The van der Waals surface area contributed by atoms with Gasteiger partial charge >= 0.3 is 0 Å². The summed E-state index contributed by atoms with van der Waals surface area (Å²) in [6.07, 6.45) is 5.07. The fourth-order valence-corrected chi connectivity index (χ4v) is 3.47. The number of hydrogen-bond acceptors (Lipinski definition) is 2. The van der Waals surface area contributed by atoms with Crippen molar-refractivity contribution in [2.75, 3.05) is 19.6 Å². The van der Waals surface area contributed by atoms with Crippen LogP contribution in [-0.4, -0.2) is 30.6 Å². The monoisotopic (exact) mass is 376 g/mol. The third kappa shape index (κ3) is 4.92. The molecule has 3 rings (SSSR count). The van der Waals surface area contributed by atoms with E-state index in [9.17, 15) is 4.39 Å². The second kappa shape index (κ2) is 7.91. The smallest absolute Gasteiger partial charge is 0.127 e. The van der Waals surface area contributed by atoms with E-state index in [-0.39, 0.29) is 18.2 Å². The summed E-state index contributed by atoms with van der Waals surface area (Å²) in [4.78, 5) is 2.50. The highest BCUT2D eigenvalue weighted by Gasteiger charge is 2.31. The summed E-state index contributed by atoms with van der Waals surface area (Å²) < 4.78 is 14.9. The molecule has 5 heteroatoms. The standard InChI is InChI=1S/C16H22BrFN2.ClH/c17-14-1-4-16(18)13(9-14)11-20(15-2-3-15)10-12-5-7-19-8-6-12;/h1,4,9,12,15,19H,2-3,5-8,10-11H2;1H. The number of piperidine rings is 1. The van der Waals surface area contributed by atoms with Gasteiger partial charge < -0.3 is 5.32 Å². The largest absolute Gasteiger partial charge is 0.317 e. The van der Waals surface area contributed by atoms with Crippen LogP contribution >= 0.6 is 28.3 Å². The summed E-state index contributed by atoms with van der Waals surface area (Å²) in [6.45, 7) is 4.14. The minimum absolute atomic E-state index is 0. The fraction of sp³-hybridized carbons (Fsp3) is 0.625. The second-order valence-electron chi connectivity index (χ2n) is 6.09. The zero-order chi connectivity index (χ0) is 13.9. The molecular formula is C16H23BrClFN2. The lowest BCUT2D eigenvalue weighted by Gasteiger charge is -2.30. The lowest BCUT2D eigenvalue weighted by molar-refractivity contribution is 0.188. The molecule has 0 bridgehead atoms. The van der Waals surface area contributed by atoms with E-state index in [0.717, 1.165) is 42.1 Å². The van der Waals surface area contributed by atoms with Crippen LogP contribution in [0.15, 0.2) is 22.7 Å². The Labute approximate surface area is 141 Å². The molecule has 1 N–H and O–H groups in total. The molecule has 1 saturated carbocycles. The maximum atomic E-state index is 13.9. The van der Waals surface area contributed by atoms with Crippen molar-refractivity contribution >= 4 is 28.3 Å². The van der Waals surface area contributed by atoms with Crippen LogP contribution in [0.1, 0.15) is 31.2 Å². The van der Waals surface area contributed by atoms with Crippen LogP contribution in [0.2, 0.25) is 0 Å². The summed E-state index contributed by atoms with van der Waals surface area (Å²) in [5.41, 5.74) is 0.820. The Morgan fingerprint density at radius 1 is 1.19 bits per heavy atom. The summed E-state index contributed by atoms with van der Waals surface area (Å²) in [7, 11) is 0. The van der Waals surface area contributed by atoms with Crippen molar-refractivity contribution in [2.45, 2.75) is 38.3 Å². The van der Waals surface area contributed by atoms with Gasteiger partial charge in [0.15, 0.2) is 0 Å². The molecule has 1 saturated heterocycles. The molecule has 0 aromatic heterocycles. The van der Waals surface area contributed by atoms with E-state index in [1.807, 2.05) is 6.07 Å². The SMILES string of the molecule is Cl.Fc1ccc(Br)cc1CN(CC1CCNCC1)C1CC1. The lowest BCUT2D eigenvalue weighted by Crippen LogP contribution is -2.37. The molecule has 0 atom stereocenters. The highest BCUT2D eigenvalue weighted by molar-refractivity contribution is 9.10. The minimum atomic E-state index is -0.0795. The zero-order valence-corrected chi connectivity index (χ0v) is 14.6. The normalized spacial score (nSPS) is 19.6. The van der Waals surface area contributed by atoms with Gasteiger partial charge in [0.05, 0.1) is 0 Å². The predicted octanol–water partition coefficient (Wildman–Crippen LogP) is 3.97. The van der Waals surface area contributed by atoms with Crippen molar-refractivity contribution in [2.24, 2.45) is 5.92 Å². The molecule has 1 aliphatic carbocycles. The minimum Gasteiger partial charge on any atom is -0.317 e.